The minimum atomic E-state index is -0.899. The predicted octanol–water partition coefficient (Wildman–Crippen LogP) is 3.21. The van der Waals surface area contributed by atoms with Crippen molar-refractivity contribution in [3.63, 3.8) is 0 Å². The maximum atomic E-state index is 13.0. The molecule has 3 N–H and O–H groups in total. The summed E-state index contributed by atoms with van der Waals surface area (Å²) in [6.07, 6.45) is 2.18. The van der Waals surface area contributed by atoms with Crippen LogP contribution in [0.4, 0.5) is 4.79 Å². The molecule has 0 heterocycles. The van der Waals surface area contributed by atoms with Crippen LogP contribution >= 0.6 is 0 Å². The second kappa shape index (κ2) is 10.9. The van der Waals surface area contributed by atoms with Crippen molar-refractivity contribution in [2.24, 2.45) is 5.92 Å². The number of carbonyl (C=O) groups is 3. The van der Waals surface area contributed by atoms with Crippen LogP contribution in [-0.2, 0) is 14.3 Å². The number of hydrogen-bond acceptors (Lipinski definition) is 5. The van der Waals surface area contributed by atoms with E-state index in [1.165, 1.54) is 0 Å². The molecule has 3 atom stereocenters. The van der Waals surface area contributed by atoms with E-state index in [9.17, 15) is 19.5 Å². The lowest BCUT2D eigenvalue weighted by Gasteiger charge is -2.31. The number of fused-ring (bicyclic) bond motifs is 3. The lowest BCUT2D eigenvalue weighted by Crippen LogP contribution is -2.56. The second-order valence-corrected chi connectivity index (χ2v) is 9.63. The van der Waals surface area contributed by atoms with Crippen molar-refractivity contribution in [2.45, 2.75) is 43.7 Å². The topological polar surface area (TPSA) is 108 Å². The fourth-order valence-electron chi connectivity index (χ4n) is 5.22. The largest absolute Gasteiger partial charge is 0.481 e. The number of benzene rings is 2. The molecule has 35 heavy (non-hydrogen) atoms. The van der Waals surface area contributed by atoms with E-state index in [0.717, 1.165) is 35.1 Å². The summed E-state index contributed by atoms with van der Waals surface area (Å²) in [6, 6.07) is 14.9. The van der Waals surface area contributed by atoms with Gasteiger partial charge < -0.3 is 25.4 Å². The van der Waals surface area contributed by atoms with Crippen LogP contribution in [0.1, 0.15) is 42.7 Å². The van der Waals surface area contributed by atoms with Crippen LogP contribution in [0.2, 0.25) is 0 Å². The molecule has 0 radical (unpaired) electrons. The number of nitrogens with one attached hydrogen (secondary N) is 2. The number of carboxylic acids is 1. The van der Waals surface area contributed by atoms with Crippen LogP contribution in [0.5, 0.6) is 0 Å². The average molecular weight is 480 g/mol. The lowest BCUT2D eigenvalue weighted by molar-refractivity contribution is -0.144. The molecule has 2 amide bonds. The van der Waals surface area contributed by atoms with Crippen molar-refractivity contribution < 1.29 is 24.2 Å². The second-order valence-electron chi connectivity index (χ2n) is 9.63. The van der Waals surface area contributed by atoms with E-state index < -0.39 is 36.0 Å². The SMILES string of the molecule is CN(C)C[C@H](NC(=O)OCC1c2ccccc2-c2ccccc21)C(=O)N[C@@H]1CCCC[C@@H]1C(=O)O. The molecule has 0 unspecified atom stereocenters. The monoisotopic (exact) mass is 479 g/mol. The summed E-state index contributed by atoms with van der Waals surface area (Å²) in [7, 11) is 3.61. The molecule has 2 aromatic carbocycles. The summed E-state index contributed by atoms with van der Waals surface area (Å²) in [5.74, 6) is -1.98. The Bertz CT molecular complexity index is 1040. The first-order valence-electron chi connectivity index (χ1n) is 12.1. The molecule has 2 aromatic rings. The zero-order chi connectivity index (χ0) is 24.9. The van der Waals surface area contributed by atoms with E-state index >= 15 is 0 Å². The molecule has 1 saturated carbocycles. The highest BCUT2D eigenvalue weighted by atomic mass is 16.5. The van der Waals surface area contributed by atoms with Crippen LogP contribution in [0.15, 0.2) is 48.5 Å². The Kier molecular flexibility index (Phi) is 7.70. The molecule has 2 aliphatic carbocycles. The Balaban J connectivity index is 1.40. The highest BCUT2D eigenvalue weighted by molar-refractivity contribution is 5.87. The molecule has 0 aromatic heterocycles. The van der Waals surface area contributed by atoms with Gasteiger partial charge in [0.2, 0.25) is 5.91 Å². The van der Waals surface area contributed by atoms with Gasteiger partial charge in [0, 0.05) is 18.5 Å². The van der Waals surface area contributed by atoms with Gasteiger partial charge in [-0.2, -0.15) is 0 Å². The molecule has 186 valence electrons. The lowest BCUT2D eigenvalue weighted by atomic mass is 9.84. The number of likely N-dealkylation sites (N-methyl/N-ethyl adjacent to an activating group) is 1. The van der Waals surface area contributed by atoms with Crippen LogP contribution < -0.4 is 10.6 Å². The summed E-state index contributed by atoms with van der Waals surface area (Å²) >= 11 is 0. The third-order valence-electron chi connectivity index (χ3n) is 6.91. The number of ether oxygens (including phenoxy) is 1. The van der Waals surface area contributed by atoms with Gasteiger partial charge in [-0.05, 0) is 49.2 Å². The highest BCUT2D eigenvalue weighted by Gasteiger charge is 2.34. The van der Waals surface area contributed by atoms with E-state index in [1.807, 2.05) is 36.4 Å². The zero-order valence-corrected chi connectivity index (χ0v) is 20.2. The molecule has 0 aliphatic heterocycles. The molecule has 0 saturated heterocycles. The van der Waals surface area contributed by atoms with Gasteiger partial charge in [-0.25, -0.2) is 4.79 Å². The molecule has 0 spiro atoms. The van der Waals surface area contributed by atoms with Gasteiger partial charge in [0.05, 0.1) is 5.92 Å². The third-order valence-corrected chi connectivity index (χ3v) is 6.91. The van der Waals surface area contributed by atoms with Crippen molar-refractivity contribution in [1.29, 1.82) is 0 Å². The summed E-state index contributed by atoms with van der Waals surface area (Å²) < 4.78 is 5.61. The van der Waals surface area contributed by atoms with Crippen molar-refractivity contribution in [3.05, 3.63) is 59.7 Å². The van der Waals surface area contributed by atoms with E-state index in [4.69, 9.17) is 4.74 Å². The van der Waals surface area contributed by atoms with E-state index in [-0.39, 0.29) is 19.1 Å². The predicted molar refractivity (Wildman–Crippen MR) is 132 cm³/mol. The standard InChI is InChI=1S/C27H33N3O5/c1-30(2)15-24(25(31)28-23-14-8-7-13-21(23)26(32)33)29-27(34)35-16-22-19-11-5-3-9-17(19)18-10-4-6-12-20(18)22/h3-6,9-12,21-24H,7-8,13-16H2,1-2H3,(H,28,31)(H,29,34)(H,32,33)/t21-,23+,24-/m0/s1. The number of alkyl carbamates (subject to hydrolysis) is 1. The van der Waals surface area contributed by atoms with Crippen LogP contribution in [0, 0.1) is 5.92 Å². The Hall–Kier alpha value is -3.39. The van der Waals surface area contributed by atoms with Crippen molar-refractivity contribution >= 4 is 18.0 Å². The Morgan fingerprint density at radius 3 is 2.20 bits per heavy atom. The molecule has 2 aliphatic rings. The average Bonchev–Trinajstić information content (AvgIpc) is 3.16. The number of carboxylic acid groups (broad SMARTS) is 1. The number of carbonyl (C=O) groups excluding carboxylic acids is 2. The summed E-state index contributed by atoms with van der Waals surface area (Å²) in [5.41, 5.74) is 4.51. The Morgan fingerprint density at radius 1 is 1.00 bits per heavy atom. The maximum absolute atomic E-state index is 13.0. The Morgan fingerprint density at radius 2 is 1.60 bits per heavy atom. The fourth-order valence-corrected chi connectivity index (χ4v) is 5.22. The number of rotatable bonds is 8. The van der Waals surface area contributed by atoms with Gasteiger partial charge >= 0.3 is 12.1 Å². The van der Waals surface area contributed by atoms with Crippen LogP contribution in [0.3, 0.4) is 0 Å². The smallest absolute Gasteiger partial charge is 0.407 e. The minimum Gasteiger partial charge on any atom is -0.481 e. The van der Waals surface area contributed by atoms with Crippen molar-refractivity contribution in [2.75, 3.05) is 27.2 Å². The van der Waals surface area contributed by atoms with E-state index in [0.29, 0.717) is 12.8 Å². The molecule has 8 heteroatoms. The maximum Gasteiger partial charge on any atom is 0.407 e. The first-order valence-corrected chi connectivity index (χ1v) is 12.1. The van der Waals surface area contributed by atoms with Gasteiger partial charge in [0.1, 0.15) is 12.6 Å². The number of hydrogen-bond donors (Lipinski definition) is 3. The number of nitrogens with zero attached hydrogens (tertiary/aromatic N) is 1. The molecule has 1 fully saturated rings. The van der Waals surface area contributed by atoms with Gasteiger partial charge in [0.15, 0.2) is 0 Å². The molecular weight excluding hydrogens is 446 g/mol. The summed E-state index contributed by atoms with van der Waals surface area (Å²) in [6.45, 7) is 0.417. The van der Waals surface area contributed by atoms with E-state index in [1.54, 1.807) is 19.0 Å². The summed E-state index contributed by atoms with van der Waals surface area (Å²) in [4.78, 5) is 39.2. The van der Waals surface area contributed by atoms with Crippen LogP contribution in [-0.4, -0.2) is 67.3 Å². The van der Waals surface area contributed by atoms with Crippen molar-refractivity contribution in [3.8, 4) is 11.1 Å². The normalized spacial score (nSPS) is 20.0. The number of aliphatic carboxylic acids is 1. The van der Waals surface area contributed by atoms with Gasteiger partial charge in [-0.3, -0.25) is 9.59 Å². The van der Waals surface area contributed by atoms with E-state index in [2.05, 4.69) is 22.8 Å². The third kappa shape index (κ3) is 5.65. The molecule has 8 nitrogen and oxygen atoms in total. The Labute approximate surface area is 205 Å². The van der Waals surface area contributed by atoms with Gasteiger partial charge in [-0.1, -0.05) is 61.4 Å². The molecule has 4 rings (SSSR count). The number of amides is 2. The van der Waals surface area contributed by atoms with Crippen molar-refractivity contribution in [1.82, 2.24) is 15.5 Å². The molecule has 0 bridgehead atoms. The first kappa shape index (κ1) is 24.7. The van der Waals surface area contributed by atoms with Gasteiger partial charge in [0.25, 0.3) is 0 Å². The highest BCUT2D eigenvalue weighted by Crippen LogP contribution is 2.44. The summed E-state index contributed by atoms with van der Waals surface area (Å²) in [5, 5.41) is 15.1. The fraction of sp³-hybridized carbons (Fsp3) is 0.444. The molecular formula is C27H33N3O5. The zero-order valence-electron chi connectivity index (χ0n) is 20.2. The van der Waals surface area contributed by atoms with Crippen LogP contribution in [0.25, 0.3) is 11.1 Å². The first-order chi connectivity index (χ1) is 16.8. The van der Waals surface area contributed by atoms with Gasteiger partial charge in [-0.15, -0.1) is 0 Å². The quantitative estimate of drug-likeness (QED) is 0.537. The minimum absolute atomic E-state index is 0.0761.